The van der Waals surface area contributed by atoms with Gasteiger partial charge in [0, 0.05) is 16.1 Å². The zero-order valence-corrected chi connectivity index (χ0v) is 14.3. The lowest BCUT2D eigenvalue weighted by Gasteiger charge is -2.04. The van der Waals surface area contributed by atoms with E-state index >= 15 is 0 Å². The van der Waals surface area contributed by atoms with Crippen LogP contribution in [-0.2, 0) is 0 Å². The van der Waals surface area contributed by atoms with Gasteiger partial charge in [0.25, 0.3) is 0 Å². The summed E-state index contributed by atoms with van der Waals surface area (Å²) in [5.41, 5.74) is 0. The molecule has 0 saturated heterocycles. The van der Waals surface area contributed by atoms with Crippen molar-refractivity contribution in [2.45, 2.75) is 0 Å². The Kier molecular flexibility index (Phi) is 3.77. The van der Waals surface area contributed by atoms with Gasteiger partial charge in [0.2, 0.25) is 0 Å². The van der Waals surface area contributed by atoms with E-state index in [1.54, 1.807) is 0 Å². The monoisotopic (exact) mass is 536 g/mol. The van der Waals surface area contributed by atoms with E-state index in [9.17, 15) is 0 Å². The van der Waals surface area contributed by atoms with Gasteiger partial charge in [-0.2, -0.15) is 0 Å². The quantitative estimate of drug-likeness (QED) is 0.385. The Bertz CT molecular complexity index is 420. The molecule has 72 valence electrons. The predicted molar refractivity (Wildman–Crippen MR) is 84.8 cm³/mol. The van der Waals surface area contributed by atoms with Crippen LogP contribution in [0, 0.1) is 7.14 Å². The van der Waals surface area contributed by atoms with Gasteiger partial charge in [-0.3, -0.25) is 0 Å². The van der Waals surface area contributed by atoms with E-state index in [0.717, 1.165) is 8.95 Å². The summed E-state index contributed by atoms with van der Waals surface area (Å²) in [6, 6.07) is 8.68. The third-order valence-corrected chi connectivity index (χ3v) is 6.50. The normalized spacial score (nSPS) is 10.9. The van der Waals surface area contributed by atoms with E-state index in [2.05, 4.69) is 101 Å². The fourth-order valence-electron chi connectivity index (χ4n) is 1.24. The summed E-state index contributed by atoms with van der Waals surface area (Å²) in [5.74, 6) is 0. The first-order valence-corrected chi connectivity index (χ1v) is 7.56. The fraction of sp³-hybridized carbons (Fsp3) is 0. The SMILES string of the molecule is Brc1cc2cc(I)c(Br)cc2cc1I. The van der Waals surface area contributed by atoms with Crippen molar-refractivity contribution in [3.63, 3.8) is 0 Å². The third kappa shape index (κ3) is 2.27. The summed E-state index contributed by atoms with van der Waals surface area (Å²) >= 11 is 11.7. The van der Waals surface area contributed by atoms with Gasteiger partial charge in [-0.1, -0.05) is 0 Å². The topological polar surface area (TPSA) is 0 Å². The van der Waals surface area contributed by atoms with Gasteiger partial charge in [0.15, 0.2) is 0 Å². The summed E-state index contributed by atoms with van der Waals surface area (Å²) in [7, 11) is 0. The second-order valence-electron chi connectivity index (χ2n) is 2.88. The van der Waals surface area contributed by atoms with Crippen molar-refractivity contribution >= 4 is 87.8 Å². The largest absolute Gasteiger partial charge is 0.0497 e. The molecule has 0 spiro atoms. The maximum atomic E-state index is 3.54. The van der Waals surface area contributed by atoms with E-state index in [1.165, 1.54) is 17.9 Å². The highest BCUT2D eigenvalue weighted by molar-refractivity contribution is 14.1. The second-order valence-corrected chi connectivity index (χ2v) is 6.91. The Morgan fingerprint density at radius 2 is 1.07 bits per heavy atom. The molecule has 0 N–H and O–H groups in total. The molecule has 2 aromatic rings. The minimum atomic E-state index is 1.16. The van der Waals surface area contributed by atoms with Crippen LogP contribution >= 0.6 is 77.0 Å². The van der Waals surface area contributed by atoms with E-state index < -0.39 is 0 Å². The van der Waals surface area contributed by atoms with Gasteiger partial charge in [-0.15, -0.1) is 0 Å². The Labute approximate surface area is 126 Å². The van der Waals surface area contributed by atoms with Crippen LogP contribution in [0.25, 0.3) is 10.8 Å². The van der Waals surface area contributed by atoms with Crippen LogP contribution in [0.4, 0.5) is 0 Å². The highest BCUT2D eigenvalue weighted by atomic mass is 127. The average molecular weight is 538 g/mol. The maximum absolute atomic E-state index is 3.54. The van der Waals surface area contributed by atoms with Gasteiger partial charge in [-0.05, 0) is 112 Å². The minimum Gasteiger partial charge on any atom is -0.0497 e. The molecule has 0 aromatic heterocycles. The van der Waals surface area contributed by atoms with Crippen LogP contribution in [0.5, 0.6) is 0 Å². The molecule has 0 radical (unpaired) electrons. The molecule has 4 heteroatoms. The van der Waals surface area contributed by atoms with E-state index in [4.69, 9.17) is 0 Å². The number of benzene rings is 2. The molecule has 14 heavy (non-hydrogen) atoms. The summed E-state index contributed by atoms with van der Waals surface area (Å²) in [6.07, 6.45) is 0. The van der Waals surface area contributed by atoms with Crippen LogP contribution < -0.4 is 0 Å². The van der Waals surface area contributed by atoms with Crippen molar-refractivity contribution in [3.8, 4) is 0 Å². The lowest BCUT2D eigenvalue weighted by Crippen LogP contribution is -1.81. The van der Waals surface area contributed by atoms with Crippen molar-refractivity contribution < 1.29 is 0 Å². The molecule has 2 aromatic carbocycles. The molecule has 2 rings (SSSR count). The van der Waals surface area contributed by atoms with Crippen LogP contribution in [0.2, 0.25) is 0 Å². The number of fused-ring (bicyclic) bond motifs is 1. The summed E-state index contributed by atoms with van der Waals surface area (Å²) in [5, 5.41) is 2.54. The highest BCUT2D eigenvalue weighted by Crippen LogP contribution is 2.30. The van der Waals surface area contributed by atoms with Crippen LogP contribution in [-0.4, -0.2) is 0 Å². The zero-order chi connectivity index (χ0) is 10.3. The summed E-state index contributed by atoms with van der Waals surface area (Å²) < 4.78 is 4.79. The molecule has 0 bridgehead atoms. The third-order valence-electron chi connectivity index (χ3n) is 1.92. The van der Waals surface area contributed by atoms with Crippen molar-refractivity contribution in [1.29, 1.82) is 0 Å². The van der Waals surface area contributed by atoms with E-state index in [1.807, 2.05) is 0 Å². The second kappa shape index (κ2) is 4.55. The number of hydrogen-bond donors (Lipinski definition) is 0. The first-order valence-electron chi connectivity index (χ1n) is 3.82. The first kappa shape index (κ1) is 11.6. The lowest BCUT2D eigenvalue weighted by molar-refractivity contribution is 1.59. The van der Waals surface area contributed by atoms with Gasteiger partial charge >= 0.3 is 0 Å². The lowest BCUT2D eigenvalue weighted by atomic mass is 10.1. The number of hydrogen-bond acceptors (Lipinski definition) is 0. The average Bonchev–Trinajstić information content (AvgIpc) is 2.11. The first-order chi connectivity index (χ1) is 6.58. The molecular weight excluding hydrogens is 534 g/mol. The summed E-state index contributed by atoms with van der Waals surface area (Å²) in [4.78, 5) is 0. The number of rotatable bonds is 0. The van der Waals surface area contributed by atoms with E-state index in [0.29, 0.717) is 0 Å². The van der Waals surface area contributed by atoms with Crippen LogP contribution in [0.15, 0.2) is 33.2 Å². The molecule has 0 unspecified atom stereocenters. The maximum Gasteiger partial charge on any atom is 0.0315 e. The molecule has 0 heterocycles. The van der Waals surface area contributed by atoms with Crippen molar-refractivity contribution in [2.75, 3.05) is 0 Å². The minimum absolute atomic E-state index is 1.16. The molecule has 0 amide bonds. The summed E-state index contributed by atoms with van der Waals surface area (Å²) in [6.45, 7) is 0. The Morgan fingerprint density at radius 3 is 1.43 bits per heavy atom. The zero-order valence-electron chi connectivity index (χ0n) is 6.82. The van der Waals surface area contributed by atoms with Crippen LogP contribution in [0.1, 0.15) is 0 Å². The van der Waals surface area contributed by atoms with Gasteiger partial charge < -0.3 is 0 Å². The standard InChI is InChI=1S/C10H4Br2I2/c11-7-1-5-3-10(14)8(12)2-6(5)4-9(7)13/h1-4H. The molecular formula is C10H4Br2I2. The van der Waals surface area contributed by atoms with Crippen LogP contribution in [0.3, 0.4) is 0 Å². The molecule has 0 aliphatic carbocycles. The van der Waals surface area contributed by atoms with Gasteiger partial charge in [0.05, 0.1) is 0 Å². The van der Waals surface area contributed by atoms with E-state index in [-0.39, 0.29) is 0 Å². The van der Waals surface area contributed by atoms with Crippen molar-refractivity contribution in [3.05, 3.63) is 40.4 Å². The Hall–Kier alpha value is 1.12. The fourth-order valence-corrected chi connectivity index (χ4v) is 2.94. The molecule has 0 saturated carbocycles. The smallest absolute Gasteiger partial charge is 0.0315 e. The Balaban J connectivity index is 2.83. The Morgan fingerprint density at radius 1 is 0.714 bits per heavy atom. The van der Waals surface area contributed by atoms with Gasteiger partial charge in [0.1, 0.15) is 0 Å². The van der Waals surface area contributed by atoms with Gasteiger partial charge in [-0.25, -0.2) is 0 Å². The van der Waals surface area contributed by atoms with Crippen molar-refractivity contribution in [1.82, 2.24) is 0 Å². The number of halogens is 4. The highest BCUT2D eigenvalue weighted by Gasteiger charge is 2.03. The van der Waals surface area contributed by atoms with Crippen molar-refractivity contribution in [2.24, 2.45) is 0 Å². The molecule has 0 aliphatic rings. The molecule has 0 fully saturated rings. The molecule has 0 atom stereocenters. The molecule has 0 nitrogen and oxygen atoms in total. The molecule has 0 aliphatic heterocycles. The predicted octanol–water partition coefficient (Wildman–Crippen LogP) is 5.57.